The maximum absolute atomic E-state index is 12.2. The van der Waals surface area contributed by atoms with E-state index in [1.165, 1.54) is 42.5 Å². The summed E-state index contributed by atoms with van der Waals surface area (Å²) in [5.41, 5.74) is 0.349. The number of esters is 1. The monoisotopic (exact) mass is 470 g/mol. The standard InChI is InChI=1S/C22H15ClN2O8/c23-14-3-7-18(17(9-14)25(28)29)33-16-5-1-13(2-6-16)22(27)30-11-21(26)24-15-4-8-19-20(10-15)32-12-31-19/h1-10H,11-12H2,(H,24,26). The zero-order chi connectivity index (χ0) is 23.4. The molecule has 1 aliphatic rings. The lowest BCUT2D eigenvalue weighted by Gasteiger charge is -2.09. The Morgan fingerprint density at radius 3 is 2.55 bits per heavy atom. The van der Waals surface area contributed by atoms with Gasteiger partial charge < -0.3 is 24.3 Å². The third-order valence-corrected chi connectivity index (χ3v) is 4.66. The minimum absolute atomic E-state index is 0.0000786. The second-order valence-corrected chi connectivity index (χ2v) is 7.12. The molecule has 11 heteroatoms. The van der Waals surface area contributed by atoms with Crippen molar-refractivity contribution in [1.82, 2.24) is 0 Å². The van der Waals surface area contributed by atoms with E-state index in [4.69, 9.17) is 30.5 Å². The first-order valence-corrected chi connectivity index (χ1v) is 9.85. The number of nitrogens with one attached hydrogen (secondary N) is 1. The highest BCUT2D eigenvalue weighted by Gasteiger charge is 2.18. The number of amides is 1. The highest BCUT2D eigenvalue weighted by atomic mass is 35.5. The summed E-state index contributed by atoms with van der Waals surface area (Å²) < 4.78 is 21.0. The molecule has 1 amide bonds. The van der Waals surface area contributed by atoms with Gasteiger partial charge in [-0.05, 0) is 48.5 Å². The average molecular weight is 471 g/mol. The van der Waals surface area contributed by atoms with Gasteiger partial charge in [0.05, 0.1) is 10.5 Å². The number of nitrogens with zero attached hydrogens (tertiary/aromatic N) is 1. The first-order chi connectivity index (χ1) is 15.9. The van der Waals surface area contributed by atoms with Gasteiger partial charge >= 0.3 is 11.7 Å². The Hall–Kier alpha value is -4.31. The number of hydrogen-bond donors (Lipinski definition) is 1. The van der Waals surface area contributed by atoms with Crippen molar-refractivity contribution < 1.29 is 33.5 Å². The normalized spacial score (nSPS) is 11.5. The Balaban J connectivity index is 1.32. The Morgan fingerprint density at radius 2 is 1.79 bits per heavy atom. The SMILES string of the molecule is O=C(COC(=O)c1ccc(Oc2ccc(Cl)cc2[N+](=O)[O-])cc1)Nc1ccc2c(c1)OCO2. The lowest BCUT2D eigenvalue weighted by atomic mass is 10.2. The molecule has 1 aliphatic heterocycles. The van der Waals surface area contributed by atoms with E-state index in [0.717, 1.165) is 0 Å². The first-order valence-electron chi connectivity index (χ1n) is 9.47. The third kappa shape index (κ3) is 5.31. The van der Waals surface area contributed by atoms with E-state index in [-0.39, 0.29) is 34.6 Å². The highest BCUT2D eigenvalue weighted by Crippen LogP contribution is 2.35. The highest BCUT2D eigenvalue weighted by molar-refractivity contribution is 6.30. The van der Waals surface area contributed by atoms with Gasteiger partial charge in [-0.25, -0.2) is 4.79 Å². The van der Waals surface area contributed by atoms with Gasteiger partial charge in [-0.2, -0.15) is 0 Å². The van der Waals surface area contributed by atoms with Crippen molar-refractivity contribution >= 4 is 34.9 Å². The molecule has 1 N–H and O–H groups in total. The van der Waals surface area contributed by atoms with Crippen LogP contribution < -0.4 is 19.5 Å². The Morgan fingerprint density at radius 1 is 1.03 bits per heavy atom. The summed E-state index contributed by atoms with van der Waals surface area (Å²) in [6.07, 6.45) is 0. The summed E-state index contributed by atoms with van der Waals surface area (Å²) in [6.45, 7) is -0.382. The first kappa shape index (κ1) is 21.9. The quantitative estimate of drug-likeness (QED) is 0.302. The van der Waals surface area contributed by atoms with Crippen molar-refractivity contribution in [2.24, 2.45) is 0 Å². The fourth-order valence-electron chi connectivity index (χ4n) is 2.89. The molecule has 3 aromatic carbocycles. The molecule has 0 saturated carbocycles. The van der Waals surface area contributed by atoms with Crippen LogP contribution in [0.4, 0.5) is 11.4 Å². The van der Waals surface area contributed by atoms with Crippen LogP contribution in [0.1, 0.15) is 10.4 Å². The molecule has 168 valence electrons. The predicted molar refractivity (Wildman–Crippen MR) is 116 cm³/mol. The summed E-state index contributed by atoms with van der Waals surface area (Å²) in [5, 5.41) is 14.0. The van der Waals surface area contributed by atoms with Crippen LogP contribution in [0.2, 0.25) is 5.02 Å². The molecule has 0 radical (unpaired) electrons. The van der Waals surface area contributed by atoms with Gasteiger partial charge in [0.2, 0.25) is 12.5 Å². The Bertz CT molecular complexity index is 1230. The second kappa shape index (κ2) is 9.45. The molecular weight excluding hydrogens is 456 g/mol. The molecule has 0 bridgehead atoms. The van der Waals surface area contributed by atoms with Crippen LogP contribution >= 0.6 is 11.6 Å². The number of carbonyl (C=O) groups is 2. The Labute approximate surface area is 191 Å². The summed E-state index contributed by atoms with van der Waals surface area (Å²) >= 11 is 5.79. The van der Waals surface area contributed by atoms with Crippen LogP contribution in [0.3, 0.4) is 0 Å². The molecule has 0 fully saturated rings. The molecule has 4 rings (SSSR count). The molecule has 0 saturated heterocycles. The number of fused-ring (bicyclic) bond motifs is 1. The molecule has 33 heavy (non-hydrogen) atoms. The van der Waals surface area contributed by atoms with E-state index >= 15 is 0 Å². The van der Waals surface area contributed by atoms with Crippen molar-refractivity contribution in [3.63, 3.8) is 0 Å². The van der Waals surface area contributed by atoms with Crippen LogP contribution in [0.25, 0.3) is 0 Å². The molecule has 0 aliphatic carbocycles. The van der Waals surface area contributed by atoms with E-state index in [0.29, 0.717) is 17.2 Å². The van der Waals surface area contributed by atoms with E-state index in [9.17, 15) is 19.7 Å². The number of hydrogen-bond acceptors (Lipinski definition) is 8. The van der Waals surface area contributed by atoms with E-state index in [1.54, 1.807) is 18.2 Å². The fourth-order valence-corrected chi connectivity index (χ4v) is 3.06. The van der Waals surface area contributed by atoms with Crippen LogP contribution in [-0.4, -0.2) is 30.2 Å². The van der Waals surface area contributed by atoms with Crippen molar-refractivity contribution in [2.45, 2.75) is 0 Å². The summed E-state index contributed by atoms with van der Waals surface area (Å²) in [5.74, 6) is 0.100. The Kier molecular flexibility index (Phi) is 6.27. The predicted octanol–water partition coefficient (Wildman–Crippen LogP) is 4.56. The van der Waals surface area contributed by atoms with Crippen molar-refractivity contribution in [2.75, 3.05) is 18.7 Å². The molecule has 1 heterocycles. The minimum atomic E-state index is -0.722. The third-order valence-electron chi connectivity index (χ3n) is 4.43. The molecule has 0 unspecified atom stereocenters. The fraction of sp³-hybridized carbons (Fsp3) is 0.0909. The number of carbonyl (C=O) groups excluding carboxylic acids is 2. The number of anilines is 1. The van der Waals surface area contributed by atoms with Gasteiger partial charge in [-0.15, -0.1) is 0 Å². The largest absolute Gasteiger partial charge is 0.454 e. The molecule has 10 nitrogen and oxygen atoms in total. The van der Waals surface area contributed by atoms with E-state index in [1.807, 2.05) is 0 Å². The second-order valence-electron chi connectivity index (χ2n) is 6.69. The van der Waals surface area contributed by atoms with Crippen molar-refractivity contribution in [3.8, 4) is 23.0 Å². The maximum atomic E-state index is 12.2. The summed E-state index contributed by atoms with van der Waals surface area (Å²) in [7, 11) is 0. The number of halogens is 1. The average Bonchev–Trinajstić information content (AvgIpc) is 3.27. The molecule has 0 spiro atoms. The van der Waals surface area contributed by atoms with Crippen molar-refractivity contribution in [3.05, 3.63) is 81.4 Å². The minimum Gasteiger partial charge on any atom is -0.454 e. The molecule has 0 atom stereocenters. The van der Waals surface area contributed by atoms with Crippen LogP contribution in [-0.2, 0) is 9.53 Å². The van der Waals surface area contributed by atoms with Gasteiger partial charge in [0.1, 0.15) is 5.75 Å². The van der Waals surface area contributed by atoms with Gasteiger partial charge in [0.25, 0.3) is 5.91 Å². The topological polar surface area (TPSA) is 126 Å². The van der Waals surface area contributed by atoms with Gasteiger partial charge in [-0.3, -0.25) is 14.9 Å². The zero-order valence-electron chi connectivity index (χ0n) is 16.8. The summed E-state index contributed by atoms with van der Waals surface area (Å²) in [6, 6.07) is 14.6. The lowest BCUT2D eigenvalue weighted by molar-refractivity contribution is -0.385. The van der Waals surface area contributed by atoms with E-state index in [2.05, 4.69) is 5.32 Å². The smallest absolute Gasteiger partial charge is 0.338 e. The summed E-state index contributed by atoms with van der Waals surface area (Å²) in [4.78, 5) is 34.8. The number of nitro groups is 1. The van der Waals surface area contributed by atoms with Crippen LogP contribution in [0.5, 0.6) is 23.0 Å². The van der Waals surface area contributed by atoms with Gasteiger partial charge in [0.15, 0.2) is 18.1 Å². The molecular formula is C22H15ClN2O8. The number of benzene rings is 3. The zero-order valence-corrected chi connectivity index (χ0v) is 17.5. The number of rotatable bonds is 7. The molecule has 3 aromatic rings. The van der Waals surface area contributed by atoms with Crippen molar-refractivity contribution in [1.29, 1.82) is 0 Å². The maximum Gasteiger partial charge on any atom is 0.338 e. The number of ether oxygens (including phenoxy) is 4. The lowest BCUT2D eigenvalue weighted by Crippen LogP contribution is -2.20. The van der Waals surface area contributed by atoms with Crippen LogP contribution in [0, 0.1) is 10.1 Å². The molecule has 0 aromatic heterocycles. The van der Waals surface area contributed by atoms with E-state index < -0.39 is 23.4 Å². The number of nitro benzene ring substituents is 1. The van der Waals surface area contributed by atoms with Gasteiger partial charge in [-0.1, -0.05) is 11.6 Å². The van der Waals surface area contributed by atoms with Crippen LogP contribution in [0.15, 0.2) is 60.7 Å². The van der Waals surface area contributed by atoms with Gasteiger partial charge in [0, 0.05) is 22.8 Å².